The number of hydrogen-bond donors (Lipinski definition) is 2. The number of carbonyl (C=O) groups is 2. The van der Waals surface area contributed by atoms with Crippen LogP contribution in [0.25, 0.3) is 0 Å². The van der Waals surface area contributed by atoms with Gasteiger partial charge in [0.1, 0.15) is 59.4 Å². The SMILES string of the molecule is CN1\C(=C/C=C/C=C/C=C/C2=[N+](C)c3cc(I)c(I)c(I)c3C2(C)CCCCCC(=O)N2CC[N+]3(CC2)CC[N+]2(CCNCC2)CC3)C(C)(CCCCCC(=O)N2CC[N+]3(CC2)CC[N+]2(CCNCC2)CC3)c2c1cc(I)c(I)c2I.[Cl-].[Cl-].[Cl-].[Cl-].[Cl-]. The van der Waals surface area contributed by atoms with Crippen LogP contribution < -0.4 is 77.6 Å². The van der Waals surface area contributed by atoms with E-state index in [4.69, 9.17) is 0 Å². The quantitative estimate of drug-likeness (QED) is 0.0443. The smallest absolute Gasteiger partial charge is 0.222 e. The molecule has 86 heavy (non-hydrogen) atoms. The van der Waals surface area contributed by atoms with Gasteiger partial charge in [-0.05, 0) is 187 Å². The van der Waals surface area contributed by atoms with E-state index in [9.17, 15) is 9.59 Å². The summed E-state index contributed by atoms with van der Waals surface area (Å²) in [5, 5.41) is 7.12. The maximum Gasteiger partial charge on any atom is 0.222 e. The third kappa shape index (κ3) is 17.0. The molecular formula is C63H91Cl5I6N10O2. The lowest BCUT2D eigenvalue weighted by molar-refractivity contribution is -1.03. The van der Waals surface area contributed by atoms with Gasteiger partial charge in [-0.3, -0.25) is 9.59 Å². The molecule has 6 fully saturated rings. The first kappa shape index (κ1) is 78.1. The van der Waals surface area contributed by atoms with Crippen molar-refractivity contribution >= 4 is 164 Å². The highest BCUT2D eigenvalue weighted by Crippen LogP contribution is 2.53. The Morgan fingerprint density at radius 3 is 1.37 bits per heavy atom. The van der Waals surface area contributed by atoms with E-state index in [1.165, 1.54) is 152 Å². The summed E-state index contributed by atoms with van der Waals surface area (Å²) in [6.07, 6.45) is 25.3. The predicted octanol–water partition coefficient (Wildman–Crippen LogP) is -4.63. The Balaban J connectivity index is 0.00000270. The zero-order chi connectivity index (χ0) is 57.2. The second-order valence-corrected chi connectivity index (χ2v) is 32.6. The minimum absolute atomic E-state index is 0. The van der Waals surface area contributed by atoms with E-state index in [2.05, 4.69) is 248 Å². The van der Waals surface area contributed by atoms with Gasteiger partial charge in [-0.25, -0.2) is 0 Å². The second kappa shape index (κ2) is 33.9. The standard InChI is InChI=1S/C63H91I6N10O2.5ClH/c1-62(20-14-8-12-18-54(80)74-26-34-78(35-27-74)42-38-76(39-43-78)30-22-70-23-31-76)52(72(3)50-46-48(64)58(66)60(68)56(50)62)16-10-6-5-7-11-17-53-63(2,57-51(73(53)4)47-49(65)59(67)61(57)69)21-15-9-13-19-55(81)75-28-36-79(37-29-75)44-40-77(41-45-79)32-24-71-25-33-77;;;;;/h5-7,10-11,16-17,46-47,70-71H,8-9,12-15,18-45H2,1-4H3;5*1H/q+5;;;;;/p-5. The third-order valence-electron chi connectivity index (χ3n) is 21.4. The number of carbonyl (C=O) groups excluding carboxylic acids is 2. The number of likely N-dealkylation sites (N-methyl/N-ethyl adjacent to an activating group) is 1. The van der Waals surface area contributed by atoms with E-state index in [0.29, 0.717) is 24.7 Å². The van der Waals surface area contributed by atoms with Crippen molar-refractivity contribution in [3.05, 3.63) is 92.9 Å². The van der Waals surface area contributed by atoms with Gasteiger partial charge < -0.3 is 105 Å². The van der Waals surface area contributed by atoms with Crippen molar-refractivity contribution in [1.82, 2.24) is 20.4 Å². The molecule has 482 valence electrons. The summed E-state index contributed by atoms with van der Waals surface area (Å²) in [7, 11) is 4.49. The van der Waals surface area contributed by atoms with Crippen molar-refractivity contribution in [2.24, 2.45) is 0 Å². The van der Waals surface area contributed by atoms with Crippen molar-refractivity contribution in [2.45, 2.75) is 88.9 Å². The normalized spacial score (nSPS) is 24.9. The van der Waals surface area contributed by atoms with Crippen LogP contribution in [-0.4, -0.2) is 221 Å². The Hall–Kier alpha value is 1.40. The van der Waals surface area contributed by atoms with Crippen molar-refractivity contribution in [2.75, 3.05) is 176 Å². The van der Waals surface area contributed by atoms with Crippen LogP contribution in [0.5, 0.6) is 0 Å². The highest BCUT2D eigenvalue weighted by Gasteiger charge is 2.50. The minimum atomic E-state index is -0.138. The number of unbranched alkanes of at least 4 members (excludes halogenated alkanes) is 4. The van der Waals surface area contributed by atoms with Gasteiger partial charge in [0.05, 0.1) is 89.5 Å². The number of allylic oxidation sites excluding steroid dienone is 8. The molecule has 8 aliphatic rings. The molecular weight excluding hydrogens is 1870 g/mol. The fraction of sp³-hybridized carbons (Fsp3) is 0.635. The fourth-order valence-corrected chi connectivity index (χ4v) is 21.0. The molecule has 2 N–H and O–H groups in total. The monoisotopic (exact) mass is 1960 g/mol. The molecule has 10 rings (SSSR count). The molecule has 23 heteroatoms. The molecule has 0 aromatic heterocycles. The number of hydrogen-bond acceptors (Lipinski definition) is 5. The number of benzene rings is 2. The molecule has 0 radical (unpaired) electrons. The van der Waals surface area contributed by atoms with Gasteiger partial charge >= 0.3 is 0 Å². The number of piperazine rings is 6. The highest BCUT2D eigenvalue weighted by molar-refractivity contribution is 14.1. The molecule has 2 atom stereocenters. The minimum Gasteiger partial charge on any atom is -1.00 e. The summed E-state index contributed by atoms with van der Waals surface area (Å²) in [6.45, 7) is 33.4. The van der Waals surface area contributed by atoms with Gasteiger partial charge in [-0.1, -0.05) is 56.1 Å². The topological polar surface area (TPSA) is 70.9 Å². The van der Waals surface area contributed by atoms with Gasteiger partial charge in [0.25, 0.3) is 0 Å². The van der Waals surface area contributed by atoms with Gasteiger partial charge in [-0.15, -0.1) is 0 Å². The third-order valence-corrected chi connectivity index (χ3v) is 31.6. The maximum absolute atomic E-state index is 13.6. The van der Waals surface area contributed by atoms with Gasteiger partial charge in [0.15, 0.2) is 5.71 Å². The van der Waals surface area contributed by atoms with Crippen molar-refractivity contribution in [3.8, 4) is 0 Å². The van der Waals surface area contributed by atoms with Gasteiger partial charge in [-0.2, -0.15) is 4.58 Å². The maximum atomic E-state index is 13.6. The van der Waals surface area contributed by atoms with E-state index >= 15 is 0 Å². The summed E-state index contributed by atoms with van der Waals surface area (Å²) >= 11 is 15.3. The molecule has 6 saturated heterocycles. The first-order valence-corrected chi connectivity index (χ1v) is 37.1. The number of halogens is 11. The van der Waals surface area contributed by atoms with E-state index in [1.807, 2.05) is 0 Å². The predicted molar refractivity (Wildman–Crippen MR) is 383 cm³/mol. The van der Waals surface area contributed by atoms with Crippen LogP contribution >= 0.6 is 136 Å². The lowest BCUT2D eigenvalue weighted by Gasteiger charge is -2.53. The lowest BCUT2D eigenvalue weighted by Crippen LogP contribution is -3.00. The Morgan fingerprint density at radius 2 is 0.907 bits per heavy atom. The van der Waals surface area contributed by atoms with Crippen LogP contribution in [0.2, 0.25) is 0 Å². The Morgan fingerprint density at radius 1 is 0.512 bits per heavy atom. The molecule has 8 aliphatic heterocycles. The van der Waals surface area contributed by atoms with Crippen molar-refractivity contribution in [3.63, 3.8) is 0 Å². The largest absolute Gasteiger partial charge is 1.00 e. The number of nitrogens with zero attached hydrogens (tertiary/aromatic N) is 8. The Labute approximate surface area is 628 Å². The summed E-state index contributed by atoms with van der Waals surface area (Å²) in [5.41, 5.74) is 7.91. The lowest BCUT2D eigenvalue weighted by atomic mass is 9.75. The number of nitrogens with one attached hydrogen (secondary N) is 2. The number of fused-ring (bicyclic) bond motifs is 2. The van der Waals surface area contributed by atoms with Crippen LogP contribution in [0.15, 0.2) is 60.4 Å². The fourth-order valence-electron chi connectivity index (χ4n) is 15.7. The molecule has 2 unspecified atom stereocenters. The number of amides is 2. The molecule has 0 bridgehead atoms. The van der Waals surface area contributed by atoms with Crippen LogP contribution in [0, 0.1) is 21.4 Å². The Bertz CT molecular complexity index is 2830. The molecule has 2 aromatic carbocycles. The first-order chi connectivity index (χ1) is 38.9. The van der Waals surface area contributed by atoms with Crippen LogP contribution in [0.3, 0.4) is 0 Å². The van der Waals surface area contributed by atoms with E-state index in [0.717, 1.165) is 130 Å². The molecule has 0 aliphatic carbocycles. The molecule has 0 saturated carbocycles. The summed E-state index contributed by atoms with van der Waals surface area (Å²) in [5.74, 6) is 0.735. The number of quaternary nitrogens is 4. The zero-order valence-corrected chi connectivity index (χ0v) is 67.5. The molecule has 2 aromatic rings. The molecule has 2 amide bonds. The van der Waals surface area contributed by atoms with Gasteiger partial charge in [0.2, 0.25) is 17.5 Å². The molecule has 8 heterocycles. The summed E-state index contributed by atoms with van der Waals surface area (Å²) in [6, 6.07) is 4.75. The average molecular weight is 1960 g/mol. The second-order valence-electron chi connectivity index (χ2n) is 25.9. The van der Waals surface area contributed by atoms with Crippen LogP contribution in [0.1, 0.15) is 89.2 Å². The van der Waals surface area contributed by atoms with Crippen molar-refractivity contribution in [1.29, 1.82) is 0 Å². The average Bonchev–Trinajstić information content (AvgIpc) is 2.30. The molecule has 4 spiro atoms. The number of rotatable bonds is 16. The van der Waals surface area contributed by atoms with Crippen LogP contribution in [0.4, 0.5) is 11.4 Å². The van der Waals surface area contributed by atoms with E-state index < -0.39 is 0 Å². The van der Waals surface area contributed by atoms with E-state index in [1.54, 1.807) is 0 Å². The van der Waals surface area contributed by atoms with Crippen LogP contribution in [-0.2, 0) is 20.4 Å². The number of anilines is 1. The molecule has 12 nitrogen and oxygen atoms in total. The first-order valence-electron chi connectivity index (χ1n) is 30.7. The zero-order valence-electron chi connectivity index (χ0n) is 50.8. The van der Waals surface area contributed by atoms with Gasteiger partial charge in [0, 0.05) is 102 Å². The highest BCUT2D eigenvalue weighted by atomic mass is 127. The van der Waals surface area contributed by atoms with E-state index in [-0.39, 0.29) is 72.9 Å². The van der Waals surface area contributed by atoms with Crippen molar-refractivity contribution < 1.29 is 94.1 Å². The summed E-state index contributed by atoms with van der Waals surface area (Å²) in [4.78, 5) is 34.0. The Kier molecular flexibility index (Phi) is 30.8. The summed E-state index contributed by atoms with van der Waals surface area (Å²) < 4.78 is 15.5.